The lowest BCUT2D eigenvalue weighted by atomic mass is 9.92. The highest BCUT2D eigenvalue weighted by molar-refractivity contribution is 7.09. The van der Waals surface area contributed by atoms with Crippen molar-refractivity contribution in [3.8, 4) is 0 Å². The van der Waals surface area contributed by atoms with E-state index in [1.807, 2.05) is 35.7 Å². The second-order valence-electron chi connectivity index (χ2n) is 6.29. The highest BCUT2D eigenvalue weighted by atomic mass is 32.1. The van der Waals surface area contributed by atoms with Crippen molar-refractivity contribution in [2.24, 2.45) is 0 Å². The third-order valence-electron chi connectivity index (χ3n) is 4.32. The van der Waals surface area contributed by atoms with E-state index in [2.05, 4.69) is 15.2 Å². The van der Waals surface area contributed by atoms with E-state index in [9.17, 15) is 9.90 Å². The molecule has 1 amide bonds. The third-order valence-corrected chi connectivity index (χ3v) is 5.26. The van der Waals surface area contributed by atoms with Gasteiger partial charge >= 0.3 is 0 Å². The molecule has 0 spiro atoms. The number of aliphatic hydroxyl groups is 1. The number of nitrogens with one attached hydrogen (secondary N) is 1. The van der Waals surface area contributed by atoms with E-state index in [4.69, 9.17) is 0 Å². The van der Waals surface area contributed by atoms with Gasteiger partial charge in [0.15, 0.2) is 0 Å². The van der Waals surface area contributed by atoms with E-state index < -0.39 is 5.60 Å². The number of piperidine rings is 1. The zero-order valence-corrected chi connectivity index (χ0v) is 14.5. The molecule has 3 heterocycles. The van der Waals surface area contributed by atoms with Gasteiger partial charge in [-0.05, 0) is 42.8 Å². The summed E-state index contributed by atoms with van der Waals surface area (Å²) in [5.41, 5.74) is -0.894. The van der Waals surface area contributed by atoms with Gasteiger partial charge in [-0.25, -0.2) is 4.98 Å². The number of nitrogens with zero attached hydrogens (tertiary/aromatic N) is 2. The molecule has 1 aliphatic heterocycles. The first-order valence-electron chi connectivity index (χ1n) is 8.32. The molecule has 24 heavy (non-hydrogen) atoms. The van der Waals surface area contributed by atoms with Crippen LogP contribution in [-0.2, 0) is 11.2 Å². The van der Waals surface area contributed by atoms with Gasteiger partial charge in [-0.2, -0.15) is 0 Å². The maximum atomic E-state index is 12.0. The van der Waals surface area contributed by atoms with Gasteiger partial charge in [0.2, 0.25) is 5.91 Å². The molecule has 0 bridgehead atoms. The Bertz CT molecular complexity index is 648. The molecular weight excluding hydrogens is 322 g/mol. The van der Waals surface area contributed by atoms with Crippen molar-refractivity contribution in [1.29, 1.82) is 0 Å². The van der Waals surface area contributed by atoms with Crippen LogP contribution in [0.3, 0.4) is 0 Å². The zero-order chi connectivity index (χ0) is 16.8. The van der Waals surface area contributed by atoms with Crippen molar-refractivity contribution in [2.75, 3.05) is 24.5 Å². The summed E-state index contributed by atoms with van der Waals surface area (Å²) in [4.78, 5) is 19.7. The summed E-state index contributed by atoms with van der Waals surface area (Å²) in [5.74, 6) is 0.867. The average Bonchev–Trinajstić information content (AvgIpc) is 3.13. The smallest absolute Gasteiger partial charge is 0.220 e. The topological polar surface area (TPSA) is 65.5 Å². The van der Waals surface area contributed by atoms with Gasteiger partial charge in [0.1, 0.15) is 5.82 Å². The maximum absolute atomic E-state index is 12.0. The number of carbonyl (C=O) groups excluding carboxylic acids is 1. The molecule has 3 rings (SSSR count). The van der Waals surface area contributed by atoms with Gasteiger partial charge in [-0.15, -0.1) is 11.3 Å². The minimum Gasteiger partial charge on any atom is -0.386 e. The molecule has 2 aromatic heterocycles. The van der Waals surface area contributed by atoms with E-state index >= 15 is 0 Å². The lowest BCUT2D eigenvalue weighted by Crippen LogP contribution is -2.54. The normalized spacial score (nSPS) is 20.8. The maximum Gasteiger partial charge on any atom is 0.220 e. The van der Waals surface area contributed by atoms with E-state index in [0.29, 0.717) is 25.9 Å². The number of β-amino-alcohol motifs (C(OH)–C–C–N with tert-alkyl or cyclic N) is 1. The SMILES string of the molecule is O=C(CCc1cccs1)NC[C@@]1(O)CCCN(c2ccccn2)C1. The highest BCUT2D eigenvalue weighted by Crippen LogP contribution is 2.24. The Labute approximate surface area is 146 Å². The Morgan fingerprint density at radius 1 is 1.38 bits per heavy atom. The number of hydrogen-bond acceptors (Lipinski definition) is 5. The number of carbonyl (C=O) groups is 1. The fourth-order valence-electron chi connectivity index (χ4n) is 3.04. The van der Waals surface area contributed by atoms with E-state index in [1.54, 1.807) is 17.5 Å². The molecule has 0 saturated carbocycles. The van der Waals surface area contributed by atoms with E-state index in [0.717, 1.165) is 25.2 Å². The van der Waals surface area contributed by atoms with Crippen molar-refractivity contribution in [1.82, 2.24) is 10.3 Å². The summed E-state index contributed by atoms with van der Waals surface area (Å²) >= 11 is 1.67. The standard InChI is InChI=1S/C18H23N3O2S/c22-17(8-7-15-5-3-12-24-15)20-13-18(23)9-4-11-21(14-18)16-6-1-2-10-19-16/h1-3,5-6,10,12,23H,4,7-9,11,13-14H2,(H,20,22)/t18-/m0/s1. The third kappa shape index (κ3) is 4.55. The lowest BCUT2D eigenvalue weighted by molar-refractivity contribution is -0.122. The minimum atomic E-state index is -0.894. The second kappa shape index (κ2) is 7.77. The van der Waals surface area contributed by atoms with Crippen LogP contribution in [0.2, 0.25) is 0 Å². The van der Waals surface area contributed by atoms with Crippen LogP contribution in [0.1, 0.15) is 24.1 Å². The van der Waals surface area contributed by atoms with E-state index in [1.165, 1.54) is 4.88 Å². The quantitative estimate of drug-likeness (QED) is 0.843. The number of aromatic nitrogens is 1. The summed E-state index contributed by atoms with van der Waals surface area (Å²) in [6, 6.07) is 9.81. The summed E-state index contributed by atoms with van der Waals surface area (Å²) in [7, 11) is 0. The van der Waals surface area contributed by atoms with Crippen molar-refractivity contribution in [2.45, 2.75) is 31.3 Å². The van der Waals surface area contributed by atoms with Crippen molar-refractivity contribution < 1.29 is 9.90 Å². The fraction of sp³-hybridized carbons (Fsp3) is 0.444. The first-order valence-corrected chi connectivity index (χ1v) is 9.20. The number of hydrogen-bond donors (Lipinski definition) is 2. The Morgan fingerprint density at radius 2 is 2.29 bits per heavy atom. The summed E-state index contributed by atoms with van der Waals surface area (Å²) in [5, 5.41) is 15.7. The number of aryl methyl sites for hydroxylation is 1. The van der Waals surface area contributed by atoms with Gasteiger partial charge in [0, 0.05) is 37.1 Å². The molecule has 0 aliphatic carbocycles. The second-order valence-corrected chi connectivity index (χ2v) is 7.33. The average molecular weight is 345 g/mol. The monoisotopic (exact) mass is 345 g/mol. The number of thiophene rings is 1. The predicted molar refractivity (Wildman–Crippen MR) is 96.3 cm³/mol. The lowest BCUT2D eigenvalue weighted by Gasteiger charge is -2.39. The minimum absolute atomic E-state index is 0.00761. The van der Waals surface area contributed by atoms with Crippen LogP contribution in [0.25, 0.3) is 0 Å². The van der Waals surface area contributed by atoms with Crippen LogP contribution in [-0.4, -0.2) is 41.2 Å². The molecule has 128 valence electrons. The van der Waals surface area contributed by atoms with Crippen LogP contribution in [0.4, 0.5) is 5.82 Å². The summed E-state index contributed by atoms with van der Waals surface area (Å²) in [6.45, 7) is 1.67. The highest BCUT2D eigenvalue weighted by Gasteiger charge is 2.34. The van der Waals surface area contributed by atoms with Crippen LogP contribution >= 0.6 is 11.3 Å². The summed E-state index contributed by atoms with van der Waals surface area (Å²) < 4.78 is 0. The Hall–Kier alpha value is -1.92. The van der Waals surface area contributed by atoms with Crippen LogP contribution in [0.5, 0.6) is 0 Å². The van der Waals surface area contributed by atoms with Gasteiger partial charge < -0.3 is 15.3 Å². The first-order chi connectivity index (χ1) is 11.6. The molecule has 1 saturated heterocycles. The fourth-order valence-corrected chi connectivity index (χ4v) is 3.75. The van der Waals surface area contributed by atoms with Crippen molar-refractivity contribution in [3.05, 3.63) is 46.8 Å². The van der Waals surface area contributed by atoms with Crippen LogP contribution in [0.15, 0.2) is 41.9 Å². The number of amides is 1. The Morgan fingerprint density at radius 3 is 3.04 bits per heavy atom. The number of pyridine rings is 1. The predicted octanol–water partition coefficient (Wildman–Crippen LogP) is 2.22. The molecule has 2 aromatic rings. The number of anilines is 1. The molecule has 0 unspecified atom stereocenters. The van der Waals surface area contributed by atoms with Crippen LogP contribution < -0.4 is 10.2 Å². The zero-order valence-electron chi connectivity index (χ0n) is 13.6. The molecule has 1 aliphatic rings. The van der Waals surface area contributed by atoms with Gasteiger partial charge in [0.05, 0.1) is 5.60 Å². The van der Waals surface area contributed by atoms with Gasteiger partial charge in [-0.3, -0.25) is 4.79 Å². The molecule has 2 N–H and O–H groups in total. The van der Waals surface area contributed by atoms with Crippen molar-refractivity contribution >= 4 is 23.1 Å². The Balaban J connectivity index is 1.49. The molecule has 6 heteroatoms. The molecule has 0 aromatic carbocycles. The molecule has 0 radical (unpaired) electrons. The van der Waals surface area contributed by atoms with Gasteiger partial charge in [-0.1, -0.05) is 12.1 Å². The van der Waals surface area contributed by atoms with Crippen LogP contribution in [0, 0.1) is 0 Å². The molecule has 5 nitrogen and oxygen atoms in total. The Kier molecular flexibility index (Phi) is 5.48. The van der Waals surface area contributed by atoms with E-state index in [-0.39, 0.29) is 5.91 Å². The summed E-state index contributed by atoms with van der Waals surface area (Å²) in [6.07, 6.45) is 4.55. The van der Waals surface area contributed by atoms with Gasteiger partial charge in [0.25, 0.3) is 0 Å². The molecular formula is C18H23N3O2S. The molecule has 1 fully saturated rings. The number of rotatable bonds is 6. The molecule has 1 atom stereocenters. The first kappa shape index (κ1) is 16.9. The van der Waals surface area contributed by atoms with Crippen molar-refractivity contribution in [3.63, 3.8) is 0 Å². The largest absolute Gasteiger partial charge is 0.386 e.